The molecule has 3 aromatic rings. The zero-order valence-electron chi connectivity index (χ0n) is 21.6. The summed E-state index contributed by atoms with van der Waals surface area (Å²) in [6.07, 6.45) is 2.32. The Morgan fingerprint density at radius 3 is 1.83 bits per heavy atom. The van der Waals surface area contributed by atoms with Crippen molar-refractivity contribution < 1.29 is 19.4 Å². The van der Waals surface area contributed by atoms with E-state index in [-0.39, 0.29) is 11.4 Å². The first-order valence-electron chi connectivity index (χ1n) is 11.7. The summed E-state index contributed by atoms with van der Waals surface area (Å²) < 4.78 is 3.93. The van der Waals surface area contributed by atoms with Crippen molar-refractivity contribution in [1.82, 2.24) is 5.09 Å². The minimum atomic E-state index is -3.87. The van der Waals surface area contributed by atoms with Gasteiger partial charge < -0.3 is 5.09 Å². The molecule has 0 fully saturated rings. The lowest BCUT2D eigenvalue weighted by Gasteiger charge is -2.20. The molecule has 0 spiro atoms. The number of benzene rings is 3. The number of non-ortho nitro benzene ring substituents is 2. The number of nitrogens with one attached hydrogen (secondary N) is 2. The number of aryl methyl sites for hydroxylation is 1. The first-order chi connectivity index (χ1) is 19.9. The second-order valence-corrected chi connectivity index (χ2v) is 11.6. The van der Waals surface area contributed by atoms with E-state index in [9.17, 15) is 40.3 Å². The summed E-state index contributed by atoms with van der Waals surface area (Å²) in [5.41, 5.74) is 0.512. The lowest BCUT2D eigenvalue weighted by atomic mass is 10.1. The van der Waals surface area contributed by atoms with Gasteiger partial charge in [-0.05, 0) is 83.4 Å². The average molecular weight is 604 g/mol. The molecule has 3 rings (SSSR count). The van der Waals surface area contributed by atoms with Crippen LogP contribution in [0.15, 0.2) is 88.7 Å². The van der Waals surface area contributed by atoms with Crippen LogP contribution in [0.25, 0.3) is 12.2 Å². The molecular formula is C27H19ClN7O6P. The van der Waals surface area contributed by atoms with Crippen molar-refractivity contribution in [3.05, 3.63) is 121 Å². The highest BCUT2D eigenvalue weighted by Gasteiger charge is 2.25. The van der Waals surface area contributed by atoms with Crippen LogP contribution >= 0.6 is 17.9 Å². The van der Waals surface area contributed by atoms with Gasteiger partial charge in [-0.1, -0.05) is 12.1 Å². The highest BCUT2D eigenvalue weighted by molar-refractivity contribution is 7.91. The normalized spacial score (nSPS) is 12.6. The quantitative estimate of drug-likeness (QED) is 0.0928. The van der Waals surface area contributed by atoms with Gasteiger partial charge in [-0.3, -0.25) is 34.9 Å². The van der Waals surface area contributed by atoms with Gasteiger partial charge in [-0.25, -0.2) is 0 Å². The van der Waals surface area contributed by atoms with Gasteiger partial charge in [0.05, 0.1) is 9.85 Å². The second-order valence-electron chi connectivity index (χ2n) is 8.42. The van der Waals surface area contributed by atoms with E-state index in [0.29, 0.717) is 16.8 Å². The number of carbonyl (C=O) groups is 2. The van der Waals surface area contributed by atoms with Crippen molar-refractivity contribution in [3.8, 4) is 12.1 Å². The van der Waals surface area contributed by atoms with Crippen LogP contribution in [0.5, 0.6) is 0 Å². The topological polar surface area (TPSA) is 204 Å². The number of hydrogen-bond donors (Lipinski definition) is 2. The van der Waals surface area contributed by atoms with E-state index >= 15 is 0 Å². The molecule has 42 heavy (non-hydrogen) atoms. The molecule has 1 atom stereocenters. The van der Waals surface area contributed by atoms with E-state index in [2.05, 4.69) is 14.9 Å². The number of amides is 2. The standard InChI is InChI=1S/C27H19ClN7O6P/c1-18-3-2-4-23(13-18)31-42(28,32-26(36)21(16-29)14-19-5-9-24(10-6-19)34(38)39)33-27(37)22(17-30)15-20-7-11-25(12-8-20)35(40)41/h2-15,31H,1H3,(H,32,36)/b21-14+,22-15+. The number of anilines is 1. The average Bonchev–Trinajstić information content (AvgIpc) is 2.94. The Kier molecular flexibility index (Phi) is 10.0. The lowest BCUT2D eigenvalue weighted by molar-refractivity contribution is -0.385. The molecule has 0 heterocycles. The van der Waals surface area contributed by atoms with Crippen molar-refractivity contribution >= 4 is 59.0 Å². The van der Waals surface area contributed by atoms with Crippen molar-refractivity contribution in [1.29, 1.82) is 10.5 Å². The number of hydrogen-bond acceptors (Lipinski definition) is 8. The zero-order valence-corrected chi connectivity index (χ0v) is 23.2. The molecular weight excluding hydrogens is 585 g/mol. The summed E-state index contributed by atoms with van der Waals surface area (Å²) in [5, 5.41) is 46.2. The third kappa shape index (κ3) is 8.44. The second kappa shape index (κ2) is 13.6. The van der Waals surface area contributed by atoms with Crippen molar-refractivity contribution in [2.45, 2.75) is 6.92 Å². The van der Waals surface area contributed by atoms with Crippen LogP contribution in [0.3, 0.4) is 0 Å². The Morgan fingerprint density at radius 2 is 1.38 bits per heavy atom. The summed E-state index contributed by atoms with van der Waals surface area (Å²) in [6.45, 7) is -2.08. The summed E-state index contributed by atoms with van der Waals surface area (Å²) in [7, 11) is 0. The monoisotopic (exact) mass is 603 g/mol. The number of nitro groups is 2. The summed E-state index contributed by atoms with van der Waals surface area (Å²) in [5.74, 6) is -2.11. The van der Waals surface area contributed by atoms with E-state index in [1.807, 2.05) is 0 Å². The molecule has 2 amide bonds. The van der Waals surface area contributed by atoms with Crippen LogP contribution < -0.4 is 10.2 Å². The fourth-order valence-electron chi connectivity index (χ4n) is 3.35. The van der Waals surface area contributed by atoms with E-state index in [1.54, 1.807) is 43.3 Å². The van der Waals surface area contributed by atoms with E-state index in [0.717, 1.165) is 11.6 Å². The maximum atomic E-state index is 13.1. The number of nitriles is 2. The van der Waals surface area contributed by atoms with Gasteiger partial charge in [0, 0.05) is 30.0 Å². The third-order valence-corrected chi connectivity index (χ3v) is 7.56. The van der Waals surface area contributed by atoms with E-state index < -0.39 is 39.5 Å². The Morgan fingerprint density at radius 1 is 0.881 bits per heavy atom. The highest BCUT2D eigenvalue weighted by Crippen LogP contribution is 2.51. The summed E-state index contributed by atoms with van der Waals surface area (Å²) in [6, 6.07) is 20.3. The third-order valence-electron chi connectivity index (χ3n) is 5.32. The number of nitrogens with zero attached hydrogens (tertiary/aromatic N) is 5. The maximum Gasteiger partial charge on any atom is 0.290 e. The summed E-state index contributed by atoms with van der Waals surface area (Å²) in [4.78, 5) is 46.8. The molecule has 0 aliphatic heterocycles. The molecule has 1 unspecified atom stereocenters. The van der Waals surface area contributed by atoms with Gasteiger partial charge in [-0.15, -0.1) is 0 Å². The Bertz CT molecular complexity index is 1770. The van der Waals surface area contributed by atoms with Crippen molar-refractivity contribution in [2.24, 2.45) is 4.74 Å². The first kappa shape index (κ1) is 30.9. The predicted molar refractivity (Wildman–Crippen MR) is 157 cm³/mol. The molecule has 3 aromatic carbocycles. The Labute approximate surface area is 243 Å². The van der Waals surface area contributed by atoms with Gasteiger partial charge >= 0.3 is 0 Å². The van der Waals surface area contributed by atoms with Crippen molar-refractivity contribution in [3.63, 3.8) is 0 Å². The molecule has 2 N–H and O–H groups in total. The largest absolute Gasteiger partial charge is 0.324 e. The molecule has 210 valence electrons. The van der Waals surface area contributed by atoms with Crippen LogP contribution in [-0.4, -0.2) is 21.7 Å². The van der Waals surface area contributed by atoms with E-state index in [4.69, 9.17) is 11.2 Å². The first-order valence-corrected chi connectivity index (χ1v) is 14.3. The molecule has 13 nitrogen and oxygen atoms in total. The highest BCUT2D eigenvalue weighted by atomic mass is 35.7. The van der Waals surface area contributed by atoms with Gasteiger partial charge in [-0.2, -0.15) is 15.3 Å². The molecule has 0 radical (unpaired) electrons. The molecule has 0 saturated carbocycles. The van der Waals surface area contributed by atoms with Gasteiger partial charge in [0.15, 0.2) is 0 Å². The van der Waals surface area contributed by atoms with Crippen molar-refractivity contribution in [2.75, 3.05) is 5.09 Å². The zero-order chi connectivity index (χ0) is 30.9. The fourth-order valence-corrected chi connectivity index (χ4v) is 5.46. The van der Waals surface area contributed by atoms with Crippen LogP contribution in [0.1, 0.15) is 16.7 Å². The summed E-state index contributed by atoms with van der Waals surface area (Å²) >= 11 is 6.69. The smallest absolute Gasteiger partial charge is 0.290 e. The number of halogens is 1. The molecule has 0 aliphatic carbocycles. The maximum absolute atomic E-state index is 13.1. The van der Waals surface area contributed by atoms with E-state index in [1.165, 1.54) is 54.6 Å². The number of nitro benzene ring substituents is 2. The minimum absolute atomic E-state index is 0.185. The lowest BCUT2D eigenvalue weighted by Crippen LogP contribution is -2.23. The molecule has 0 aliphatic rings. The minimum Gasteiger partial charge on any atom is -0.324 e. The SMILES string of the molecule is Cc1cccc(NP(Cl)(=NC(=O)/C(C#N)=C/c2ccc([N+](=O)[O-])cc2)NC(=O)/C(C#N)=C/c2ccc([N+](=O)[O-])cc2)c1. The number of rotatable bonds is 9. The predicted octanol–water partition coefficient (Wildman–Crippen LogP) is 6.27. The number of carbonyl (C=O) groups excluding carboxylic acids is 2. The van der Waals surface area contributed by atoms with Gasteiger partial charge in [0.2, 0.25) is 6.71 Å². The fraction of sp³-hybridized carbons (Fsp3) is 0.0370. The van der Waals surface area contributed by atoms with Crippen LogP contribution in [-0.2, 0) is 9.59 Å². The van der Waals surface area contributed by atoms with Crippen LogP contribution in [0.2, 0.25) is 0 Å². The Hall–Kier alpha value is -5.62. The molecule has 0 aromatic heterocycles. The van der Waals surface area contributed by atoms with Gasteiger partial charge in [0.1, 0.15) is 23.3 Å². The Balaban J connectivity index is 2.00. The molecule has 0 bridgehead atoms. The van der Waals surface area contributed by atoms with Gasteiger partial charge in [0.25, 0.3) is 23.2 Å². The van der Waals surface area contributed by atoms with Crippen LogP contribution in [0.4, 0.5) is 17.1 Å². The molecule has 15 heteroatoms. The van der Waals surface area contributed by atoms with Crippen LogP contribution in [0, 0.1) is 49.8 Å². The molecule has 0 saturated heterocycles.